The zero-order valence-corrected chi connectivity index (χ0v) is 8.73. The molecule has 0 fully saturated rings. The number of carboxylic acid groups (broad SMARTS) is 1. The molecule has 7 heteroatoms. The number of urea groups is 1. The van der Waals surface area contributed by atoms with Gasteiger partial charge in [0.15, 0.2) is 0 Å². The lowest BCUT2D eigenvalue weighted by molar-refractivity contribution is -0.141. The van der Waals surface area contributed by atoms with Gasteiger partial charge in [0.2, 0.25) is 5.91 Å². The van der Waals surface area contributed by atoms with Gasteiger partial charge in [-0.15, -0.1) is 0 Å². The third-order valence-corrected chi connectivity index (χ3v) is 1.77. The largest absolute Gasteiger partial charge is 0.480 e. The fourth-order valence-electron chi connectivity index (χ4n) is 1.01. The second kappa shape index (κ2) is 7.27. The number of nitrogens with two attached hydrogens (primary N) is 1. The van der Waals surface area contributed by atoms with Crippen LogP contribution in [0, 0.1) is 0 Å². The van der Waals surface area contributed by atoms with E-state index in [1.165, 1.54) is 0 Å². The molecule has 0 radical (unpaired) electrons. The predicted octanol–water partition coefficient (Wildman–Crippen LogP) is -0.810. The molecule has 0 spiro atoms. The molecule has 0 rings (SSSR count). The van der Waals surface area contributed by atoms with E-state index in [9.17, 15) is 14.4 Å². The highest BCUT2D eigenvalue weighted by atomic mass is 16.4. The van der Waals surface area contributed by atoms with Crippen molar-refractivity contribution in [2.75, 3.05) is 6.54 Å². The summed E-state index contributed by atoms with van der Waals surface area (Å²) in [5.41, 5.74) is 4.82. The van der Waals surface area contributed by atoms with Gasteiger partial charge >= 0.3 is 12.0 Å². The maximum Gasteiger partial charge on any atom is 0.326 e. The number of carbonyl (C=O) groups is 3. The normalized spacial score (nSPS) is 11.2. The molecule has 0 aliphatic rings. The number of primary amides is 1. The van der Waals surface area contributed by atoms with E-state index in [0.29, 0.717) is 6.42 Å². The molecule has 90 valence electrons. The summed E-state index contributed by atoms with van der Waals surface area (Å²) in [4.78, 5) is 31.9. The van der Waals surface area contributed by atoms with Crippen LogP contribution in [0.5, 0.6) is 0 Å². The second-order valence-electron chi connectivity index (χ2n) is 3.04. The lowest BCUT2D eigenvalue weighted by Gasteiger charge is -2.12. The smallest absolute Gasteiger partial charge is 0.326 e. The van der Waals surface area contributed by atoms with Crippen LogP contribution in [0.25, 0.3) is 0 Å². The molecule has 1 unspecified atom stereocenters. The minimum Gasteiger partial charge on any atom is -0.480 e. The van der Waals surface area contributed by atoms with Gasteiger partial charge in [0, 0.05) is 6.54 Å². The Morgan fingerprint density at radius 1 is 1.44 bits per heavy atom. The first-order valence-electron chi connectivity index (χ1n) is 4.66. The zero-order valence-electron chi connectivity index (χ0n) is 8.73. The van der Waals surface area contributed by atoms with E-state index < -0.39 is 23.9 Å². The van der Waals surface area contributed by atoms with E-state index in [1.54, 1.807) is 0 Å². The highest BCUT2D eigenvalue weighted by Gasteiger charge is 2.17. The van der Waals surface area contributed by atoms with E-state index in [-0.39, 0.29) is 13.0 Å². The van der Waals surface area contributed by atoms with E-state index in [1.807, 2.05) is 0 Å². The molecule has 3 amide bonds. The molecule has 0 aromatic heterocycles. The summed E-state index contributed by atoms with van der Waals surface area (Å²) < 4.78 is 0. The van der Waals surface area contributed by atoms with Crippen molar-refractivity contribution >= 4 is 17.9 Å². The van der Waals surface area contributed by atoms with Gasteiger partial charge in [0.1, 0.15) is 6.04 Å². The lowest BCUT2D eigenvalue weighted by atomic mass is 10.1. The Bertz CT molecular complexity index is 290. The monoisotopic (exact) mass is 229 g/mol. The Morgan fingerprint density at radius 3 is 2.50 bits per heavy atom. The summed E-state index contributed by atoms with van der Waals surface area (Å²) in [5, 5.41) is 13.3. The fourth-order valence-corrected chi connectivity index (χ4v) is 1.01. The number of carboxylic acids is 1. The van der Waals surface area contributed by atoms with Crippen LogP contribution in [-0.2, 0) is 9.59 Å². The van der Waals surface area contributed by atoms with E-state index in [4.69, 9.17) is 10.8 Å². The number of nitrogens with one attached hydrogen (secondary N) is 2. The van der Waals surface area contributed by atoms with Crippen LogP contribution < -0.4 is 16.4 Å². The Morgan fingerprint density at radius 2 is 2.06 bits per heavy atom. The maximum atomic E-state index is 10.9. The standard InChI is InChI=1S/C9H15N3O4/c1-2-7(13)12-6(8(14)15)4-3-5-11-9(10)16/h2,6H,1,3-5H2,(H,12,13)(H,14,15)(H3,10,11,16). The first-order chi connectivity index (χ1) is 7.47. The first-order valence-corrected chi connectivity index (χ1v) is 4.66. The van der Waals surface area contributed by atoms with E-state index >= 15 is 0 Å². The average molecular weight is 229 g/mol. The van der Waals surface area contributed by atoms with Gasteiger partial charge in [0.25, 0.3) is 0 Å². The molecule has 16 heavy (non-hydrogen) atoms. The van der Waals surface area contributed by atoms with Gasteiger partial charge < -0.3 is 21.5 Å². The highest BCUT2D eigenvalue weighted by molar-refractivity contribution is 5.90. The lowest BCUT2D eigenvalue weighted by Crippen LogP contribution is -2.40. The molecule has 0 aromatic carbocycles. The molecule has 0 saturated carbocycles. The number of hydrogen-bond acceptors (Lipinski definition) is 3. The molecule has 7 nitrogen and oxygen atoms in total. The predicted molar refractivity (Wildman–Crippen MR) is 56.6 cm³/mol. The summed E-state index contributed by atoms with van der Waals surface area (Å²) in [5.74, 6) is -1.68. The van der Waals surface area contributed by atoms with Crippen molar-refractivity contribution < 1.29 is 19.5 Å². The van der Waals surface area contributed by atoms with Gasteiger partial charge in [-0.3, -0.25) is 4.79 Å². The summed E-state index contributed by atoms with van der Waals surface area (Å²) >= 11 is 0. The summed E-state index contributed by atoms with van der Waals surface area (Å²) in [6, 6.07) is -1.65. The van der Waals surface area contributed by atoms with Crippen molar-refractivity contribution in [1.29, 1.82) is 0 Å². The summed E-state index contributed by atoms with van der Waals surface area (Å²) in [7, 11) is 0. The van der Waals surface area contributed by atoms with E-state index in [2.05, 4.69) is 17.2 Å². The summed E-state index contributed by atoms with van der Waals surface area (Å²) in [6.45, 7) is 3.48. The van der Waals surface area contributed by atoms with Gasteiger partial charge in [0.05, 0.1) is 0 Å². The van der Waals surface area contributed by atoms with Crippen LogP contribution in [0.3, 0.4) is 0 Å². The van der Waals surface area contributed by atoms with Crippen molar-refractivity contribution in [1.82, 2.24) is 10.6 Å². The number of rotatable bonds is 7. The van der Waals surface area contributed by atoms with Crippen molar-refractivity contribution in [2.24, 2.45) is 5.73 Å². The van der Waals surface area contributed by atoms with Crippen molar-refractivity contribution in [3.8, 4) is 0 Å². The Labute approximate surface area is 92.7 Å². The molecular weight excluding hydrogens is 214 g/mol. The van der Waals surface area contributed by atoms with Crippen LogP contribution in [0.15, 0.2) is 12.7 Å². The Kier molecular flexibility index (Phi) is 6.34. The van der Waals surface area contributed by atoms with Gasteiger partial charge in [-0.05, 0) is 18.9 Å². The molecule has 0 aliphatic carbocycles. The van der Waals surface area contributed by atoms with Crippen molar-refractivity contribution in [2.45, 2.75) is 18.9 Å². The number of amides is 3. The van der Waals surface area contributed by atoms with E-state index in [0.717, 1.165) is 6.08 Å². The van der Waals surface area contributed by atoms with Crippen LogP contribution in [0.1, 0.15) is 12.8 Å². The Hall–Kier alpha value is -2.05. The molecule has 1 atom stereocenters. The SMILES string of the molecule is C=CC(=O)NC(CCCNC(N)=O)C(=O)O. The summed E-state index contributed by atoms with van der Waals surface area (Å²) in [6.07, 6.45) is 1.60. The second-order valence-corrected chi connectivity index (χ2v) is 3.04. The topological polar surface area (TPSA) is 122 Å². The molecule has 0 aliphatic heterocycles. The van der Waals surface area contributed by atoms with Crippen LogP contribution >= 0.6 is 0 Å². The molecule has 5 N–H and O–H groups in total. The molecular formula is C9H15N3O4. The average Bonchev–Trinajstić information content (AvgIpc) is 2.21. The third-order valence-electron chi connectivity index (χ3n) is 1.77. The number of hydrogen-bond donors (Lipinski definition) is 4. The van der Waals surface area contributed by atoms with Gasteiger partial charge in [-0.1, -0.05) is 6.58 Å². The van der Waals surface area contributed by atoms with Gasteiger partial charge in [-0.25, -0.2) is 9.59 Å². The maximum absolute atomic E-state index is 10.9. The number of aliphatic carboxylic acids is 1. The first kappa shape index (κ1) is 13.9. The quantitative estimate of drug-likeness (QED) is 0.337. The Balaban J connectivity index is 3.95. The van der Waals surface area contributed by atoms with Crippen molar-refractivity contribution in [3.63, 3.8) is 0 Å². The fraction of sp³-hybridized carbons (Fsp3) is 0.444. The minimum atomic E-state index is -1.13. The molecule has 0 bridgehead atoms. The van der Waals surface area contributed by atoms with Crippen LogP contribution in [0.2, 0.25) is 0 Å². The molecule has 0 heterocycles. The van der Waals surface area contributed by atoms with Crippen molar-refractivity contribution in [3.05, 3.63) is 12.7 Å². The highest BCUT2D eigenvalue weighted by Crippen LogP contribution is 1.97. The van der Waals surface area contributed by atoms with Crippen LogP contribution in [-0.4, -0.2) is 35.6 Å². The van der Waals surface area contributed by atoms with Gasteiger partial charge in [-0.2, -0.15) is 0 Å². The van der Waals surface area contributed by atoms with Crippen LogP contribution in [0.4, 0.5) is 4.79 Å². The number of carbonyl (C=O) groups excluding carboxylic acids is 2. The minimum absolute atomic E-state index is 0.204. The zero-order chi connectivity index (χ0) is 12.6. The third kappa shape index (κ3) is 6.41. The molecule has 0 saturated heterocycles. The molecule has 0 aromatic rings.